The summed E-state index contributed by atoms with van der Waals surface area (Å²) in [4.78, 5) is 24.1. The van der Waals surface area contributed by atoms with Crippen LogP contribution in [-0.4, -0.2) is 29.2 Å². The quantitative estimate of drug-likeness (QED) is 0.509. The Morgan fingerprint density at radius 2 is 2.00 bits per heavy atom. The Kier molecular flexibility index (Phi) is 6.55. The number of phenols is 1. The first kappa shape index (κ1) is 19.0. The van der Waals surface area contributed by atoms with Crippen LogP contribution >= 0.6 is 27.5 Å². The van der Waals surface area contributed by atoms with Crippen LogP contribution < -0.4 is 10.7 Å². The van der Waals surface area contributed by atoms with E-state index in [0.717, 1.165) is 0 Å². The highest BCUT2D eigenvalue weighted by Crippen LogP contribution is 2.19. The molecule has 1 atom stereocenters. The van der Waals surface area contributed by atoms with E-state index < -0.39 is 11.9 Å². The van der Waals surface area contributed by atoms with E-state index in [4.69, 9.17) is 11.6 Å². The van der Waals surface area contributed by atoms with E-state index in [1.807, 2.05) is 0 Å². The number of amides is 2. The van der Waals surface area contributed by atoms with Crippen molar-refractivity contribution in [1.82, 2.24) is 10.7 Å². The number of halogens is 2. The molecular formula is C17H15BrClN3O3. The van der Waals surface area contributed by atoms with Gasteiger partial charge in [-0.25, -0.2) is 5.43 Å². The van der Waals surface area contributed by atoms with E-state index in [1.165, 1.54) is 31.3 Å². The summed E-state index contributed by atoms with van der Waals surface area (Å²) in [6.07, 6.45) is 1.27. The maximum atomic E-state index is 12.2. The summed E-state index contributed by atoms with van der Waals surface area (Å²) in [5.41, 5.74) is 3.08. The van der Waals surface area contributed by atoms with Crippen LogP contribution in [0.5, 0.6) is 5.75 Å². The molecule has 25 heavy (non-hydrogen) atoms. The second-order valence-corrected chi connectivity index (χ2v) is 6.40. The molecular weight excluding hydrogens is 410 g/mol. The molecule has 1 unspecified atom stereocenters. The molecule has 2 rings (SSSR count). The molecule has 0 saturated carbocycles. The van der Waals surface area contributed by atoms with Crippen LogP contribution in [0.25, 0.3) is 0 Å². The van der Waals surface area contributed by atoms with Gasteiger partial charge in [-0.1, -0.05) is 23.7 Å². The van der Waals surface area contributed by atoms with Crippen LogP contribution in [0.1, 0.15) is 22.8 Å². The molecule has 0 aliphatic rings. The Morgan fingerprint density at radius 1 is 1.28 bits per heavy atom. The Bertz CT molecular complexity index is 827. The van der Waals surface area contributed by atoms with Crippen LogP contribution in [0, 0.1) is 0 Å². The van der Waals surface area contributed by atoms with Gasteiger partial charge in [0.25, 0.3) is 11.8 Å². The lowest BCUT2D eigenvalue weighted by Gasteiger charge is -2.12. The van der Waals surface area contributed by atoms with Crippen LogP contribution in [0.2, 0.25) is 5.02 Å². The van der Waals surface area contributed by atoms with E-state index in [1.54, 1.807) is 24.3 Å². The van der Waals surface area contributed by atoms with E-state index in [9.17, 15) is 14.7 Å². The standard InChI is InChI=1S/C17H15BrClN3O3/c1-10(21-17(25)13-4-2-3-5-14(13)18)16(24)22-20-9-11-8-12(19)6-7-15(11)23/h2-10,23H,1H3,(H,21,25)(H,22,24). The average Bonchev–Trinajstić information content (AvgIpc) is 2.58. The Balaban J connectivity index is 1.94. The third-order valence-electron chi connectivity index (χ3n) is 3.23. The van der Waals surface area contributed by atoms with Gasteiger partial charge in [0.1, 0.15) is 11.8 Å². The van der Waals surface area contributed by atoms with Crippen LogP contribution in [0.4, 0.5) is 0 Å². The number of phenolic OH excluding ortho intramolecular Hbond substituents is 1. The zero-order valence-electron chi connectivity index (χ0n) is 13.2. The molecule has 6 nitrogen and oxygen atoms in total. The zero-order chi connectivity index (χ0) is 18.4. The van der Waals surface area contributed by atoms with Gasteiger partial charge in [-0.15, -0.1) is 0 Å². The van der Waals surface area contributed by atoms with Crippen molar-refractivity contribution in [2.75, 3.05) is 0 Å². The first-order valence-corrected chi connectivity index (χ1v) is 8.42. The van der Waals surface area contributed by atoms with Crippen molar-refractivity contribution < 1.29 is 14.7 Å². The van der Waals surface area contributed by atoms with Gasteiger partial charge in [0, 0.05) is 15.1 Å². The number of hydrazone groups is 1. The SMILES string of the molecule is CC(NC(=O)c1ccccc1Br)C(=O)NN=Cc1cc(Cl)ccc1O. The first-order chi connectivity index (χ1) is 11.9. The molecule has 0 spiro atoms. The first-order valence-electron chi connectivity index (χ1n) is 7.25. The van der Waals surface area contributed by atoms with Gasteiger partial charge in [-0.3, -0.25) is 9.59 Å². The van der Waals surface area contributed by atoms with Crippen molar-refractivity contribution >= 4 is 45.6 Å². The molecule has 3 N–H and O–H groups in total. The summed E-state index contributed by atoms with van der Waals surface area (Å²) in [5.74, 6) is -0.901. The molecule has 0 bridgehead atoms. The predicted molar refractivity (Wildman–Crippen MR) is 99.9 cm³/mol. The van der Waals surface area contributed by atoms with E-state index in [0.29, 0.717) is 20.6 Å². The second kappa shape index (κ2) is 8.64. The molecule has 130 valence electrons. The summed E-state index contributed by atoms with van der Waals surface area (Å²) in [6, 6.07) is 10.6. The van der Waals surface area contributed by atoms with Crippen molar-refractivity contribution in [3.8, 4) is 5.75 Å². The number of hydrogen-bond acceptors (Lipinski definition) is 4. The molecule has 2 amide bonds. The Hall–Kier alpha value is -2.38. The molecule has 0 aliphatic carbocycles. The third-order valence-corrected chi connectivity index (χ3v) is 4.15. The van der Waals surface area contributed by atoms with Gasteiger partial charge in [-0.2, -0.15) is 5.10 Å². The number of carbonyl (C=O) groups excluding carboxylic acids is 2. The highest BCUT2D eigenvalue weighted by atomic mass is 79.9. The fraction of sp³-hybridized carbons (Fsp3) is 0.118. The number of benzene rings is 2. The van der Waals surface area contributed by atoms with E-state index in [2.05, 4.69) is 31.8 Å². The fourth-order valence-electron chi connectivity index (χ4n) is 1.88. The van der Waals surface area contributed by atoms with Crippen molar-refractivity contribution in [3.05, 3.63) is 63.1 Å². The number of rotatable bonds is 5. The number of hydrogen-bond donors (Lipinski definition) is 3. The molecule has 0 heterocycles. The van der Waals surface area contributed by atoms with Crippen molar-refractivity contribution in [3.63, 3.8) is 0 Å². The van der Waals surface area contributed by atoms with Crippen molar-refractivity contribution in [2.24, 2.45) is 5.10 Å². The third kappa shape index (κ3) is 5.30. The summed E-state index contributed by atoms with van der Waals surface area (Å²) in [7, 11) is 0. The Labute approximate surface area is 158 Å². The minimum absolute atomic E-state index is 0.0160. The van der Waals surface area contributed by atoms with Crippen molar-refractivity contribution in [2.45, 2.75) is 13.0 Å². The molecule has 0 fully saturated rings. The van der Waals surface area contributed by atoms with E-state index in [-0.39, 0.29) is 11.7 Å². The van der Waals surface area contributed by atoms with Gasteiger partial charge in [0.05, 0.1) is 11.8 Å². The molecule has 0 aliphatic heterocycles. The molecule has 8 heteroatoms. The second-order valence-electron chi connectivity index (χ2n) is 5.11. The normalized spacial score (nSPS) is 12.0. The molecule has 2 aromatic rings. The zero-order valence-corrected chi connectivity index (χ0v) is 15.5. The highest BCUT2D eigenvalue weighted by Gasteiger charge is 2.17. The molecule has 2 aromatic carbocycles. The minimum Gasteiger partial charge on any atom is -0.507 e. The predicted octanol–water partition coefficient (Wildman–Crippen LogP) is 3.08. The number of nitrogens with one attached hydrogen (secondary N) is 2. The number of nitrogens with zero attached hydrogens (tertiary/aromatic N) is 1. The summed E-state index contributed by atoms with van der Waals surface area (Å²) >= 11 is 9.11. The van der Waals surface area contributed by atoms with Crippen LogP contribution in [0.15, 0.2) is 52.0 Å². The lowest BCUT2D eigenvalue weighted by molar-refractivity contribution is -0.122. The van der Waals surface area contributed by atoms with Gasteiger partial charge < -0.3 is 10.4 Å². The van der Waals surface area contributed by atoms with Gasteiger partial charge in [0.2, 0.25) is 0 Å². The van der Waals surface area contributed by atoms with Crippen LogP contribution in [-0.2, 0) is 4.79 Å². The summed E-state index contributed by atoms with van der Waals surface area (Å²) in [6.45, 7) is 1.54. The molecule has 0 radical (unpaired) electrons. The minimum atomic E-state index is -0.801. The smallest absolute Gasteiger partial charge is 0.262 e. The Morgan fingerprint density at radius 3 is 2.72 bits per heavy atom. The van der Waals surface area contributed by atoms with Gasteiger partial charge >= 0.3 is 0 Å². The van der Waals surface area contributed by atoms with E-state index >= 15 is 0 Å². The maximum absolute atomic E-state index is 12.2. The average molecular weight is 425 g/mol. The summed E-state index contributed by atoms with van der Waals surface area (Å²) < 4.78 is 0.634. The largest absolute Gasteiger partial charge is 0.507 e. The number of carbonyl (C=O) groups is 2. The topological polar surface area (TPSA) is 90.8 Å². The van der Waals surface area contributed by atoms with Crippen molar-refractivity contribution in [1.29, 1.82) is 0 Å². The molecule has 0 saturated heterocycles. The highest BCUT2D eigenvalue weighted by molar-refractivity contribution is 9.10. The van der Waals surface area contributed by atoms with Gasteiger partial charge in [0.15, 0.2) is 0 Å². The van der Waals surface area contributed by atoms with Crippen LogP contribution in [0.3, 0.4) is 0 Å². The lowest BCUT2D eigenvalue weighted by Crippen LogP contribution is -2.43. The maximum Gasteiger partial charge on any atom is 0.262 e. The van der Waals surface area contributed by atoms with Gasteiger partial charge in [-0.05, 0) is 53.2 Å². The lowest BCUT2D eigenvalue weighted by atomic mass is 10.2. The monoisotopic (exact) mass is 423 g/mol. The number of aromatic hydroxyl groups is 1. The molecule has 0 aromatic heterocycles. The fourth-order valence-corrected chi connectivity index (χ4v) is 2.52. The summed E-state index contributed by atoms with van der Waals surface area (Å²) in [5, 5.41) is 16.4.